The molecule has 1 aliphatic rings. The van der Waals surface area contributed by atoms with Gasteiger partial charge in [-0.15, -0.1) is 0 Å². The van der Waals surface area contributed by atoms with Crippen molar-refractivity contribution >= 4 is 5.96 Å². The molecule has 1 aliphatic heterocycles. The van der Waals surface area contributed by atoms with Crippen molar-refractivity contribution in [2.24, 2.45) is 4.99 Å². The third-order valence-electron chi connectivity index (χ3n) is 4.73. The Morgan fingerprint density at radius 2 is 2.07 bits per heavy atom. The summed E-state index contributed by atoms with van der Waals surface area (Å²) in [5.41, 5.74) is 0.942. The van der Waals surface area contributed by atoms with Gasteiger partial charge in [-0.05, 0) is 36.8 Å². The van der Waals surface area contributed by atoms with Crippen molar-refractivity contribution in [3.05, 3.63) is 59.8 Å². The smallest absolute Gasteiger partial charge is 0.191 e. The third kappa shape index (κ3) is 6.07. The van der Waals surface area contributed by atoms with Crippen molar-refractivity contribution in [2.45, 2.75) is 19.4 Å². The minimum Gasteiger partial charge on any atom is -0.469 e. The predicted octanol–water partition coefficient (Wildman–Crippen LogP) is 2.59. The maximum absolute atomic E-state index is 13.8. The summed E-state index contributed by atoms with van der Waals surface area (Å²) >= 11 is 0. The molecule has 1 atom stereocenters. The lowest BCUT2D eigenvalue weighted by Crippen LogP contribution is -2.42. The van der Waals surface area contributed by atoms with Crippen LogP contribution in [0.2, 0.25) is 0 Å². The van der Waals surface area contributed by atoms with Gasteiger partial charge in [0.1, 0.15) is 11.6 Å². The minimum atomic E-state index is -0.219. The van der Waals surface area contributed by atoms with Gasteiger partial charge in [0.15, 0.2) is 5.96 Å². The number of hydrogen-bond donors (Lipinski definition) is 2. The van der Waals surface area contributed by atoms with Crippen molar-refractivity contribution < 1.29 is 13.5 Å². The lowest BCUT2D eigenvalue weighted by atomic mass is 10.0. The van der Waals surface area contributed by atoms with Crippen LogP contribution in [0.5, 0.6) is 0 Å². The maximum atomic E-state index is 13.8. The van der Waals surface area contributed by atoms with Gasteiger partial charge in [0.25, 0.3) is 0 Å². The molecule has 3 rings (SSSR count). The van der Waals surface area contributed by atoms with Crippen LogP contribution in [0.1, 0.15) is 24.3 Å². The van der Waals surface area contributed by atoms with Crippen LogP contribution in [0.25, 0.3) is 0 Å². The van der Waals surface area contributed by atoms with E-state index in [0.29, 0.717) is 19.8 Å². The van der Waals surface area contributed by atoms with Crippen molar-refractivity contribution in [1.29, 1.82) is 0 Å². The zero-order chi connectivity index (χ0) is 19.6. The Balaban J connectivity index is 1.67. The second-order valence-electron chi connectivity index (χ2n) is 6.69. The second-order valence-corrected chi connectivity index (χ2v) is 6.69. The normalized spacial score (nSPS) is 16.7. The van der Waals surface area contributed by atoms with Gasteiger partial charge in [-0.3, -0.25) is 9.89 Å². The van der Waals surface area contributed by atoms with E-state index in [2.05, 4.69) is 15.5 Å². The van der Waals surface area contributed by atoms with Crippen molar-refractivity contribution in [3.8, 4) is 0 Å². The molecule has 1 saturated heterocycles. The standard InChI is InChI=1S/C21H29FN4O2/c1-2-23-21(24-9-8-19-7-4-12-28-19)25-16-20(26-10-13-27-14-11-26)17-5-3-6-18(22)15-17/h3-7,12,15,20H,2,8-11,13-14,16H2,1H3,(H2,23,24,25). The van der Waals surface area contributed by atoms with Crippen molar-refractivity contribution in [1.82, 2.24) is 15.5 Å². The first kappa shape index (κ1) is 20.4. The highest BCUT2D eigenvalue weighted by Crippen LogP contribution is 2.23. The molecular weight excluding hydrogens is 359 g/mol. The number of nitrogens with zero attached hydrogens (tertiary/aromatic N) is 2. The number of ether oxygens (including phenoxy) is 1. The average molecular weight is 388 g/mol. The Hall–Kier alpha value is -2.38. The molecule has 28 heavy (non-hydrogen) atoms. The number of halogens is 1. The van der Waals surface area contributed by atoms with Crippen LogP contribution in [-0.2, 0) is 11.2 Å². The summed E-state index contributed by atoms with van der Waals surface area (Å²) in [5, 5.41) is 6.62. The first-order valence-electron chi connectivity index (χ1n) is 9.88. The molecule has 1 fully saturated rings. The zero-order valence-electron chi connectivity index (χ0n) is 16.4. The van der Waals surface area contributed by atoms with Gasteiger partial charge in [-0.2, -0.15) is 0 Å². The molecule has 0 spiro atoms. The van der Waals surface area contributed by atoms with E-state index in [1.165, 1.54) is 6.07 Å². The zero-order valence-corrected chi connectivity index (χ0v) is 16.4. The van der Waals surface area contributed by atoms with E-state index >= 15 is 0 Å². The Bertz CT molecular complexity index is 730. The highest BCUT2D eigenvalue weighted by atomic mass is 19.1. The number of rotatable bonds is 8. The molecular formula is C21H29FN4O2. The Morgan fingerprint density at radius 1 is 1.21 bits per heavy atom. The second kappa shape index (κ2) is 10.8. The van der Waals surface area contributed by atoms with Crippen LogP contribution >= 0.6 is 0 Å². The summed E-state index contributed by atoms with van der Waals surface area (Å²) in [4.78, 5) is 7.09. The first-order valence-corrected chi connectivity index (χ1v) is 9.88. The minimum absolute atomic E-state index is 0.0140. The fourth-order valence-electron chi connectivity index (χ4n) is 3.31. The Kier molecular flexibility index (Phi) is 7.87. The van der Waals surface area contributed by atoms with Gasteiger partial charge >= 0.3 is 0 Å². The third-order valence-corrected chi connectivity index (χ3v) is 4.73. The quantitative estimate of drug-likeness (QED) is 0.538. The molecule has 0 radical (unpaired) electrons. The summed E-state index contributed by atoms with van der Waals surface area (Å²) in [6.45, 7) is 7.10. The van der Waals surface area contributed by atoms with E-state index < -0.39 is 0 Å². The van der Waals surface area contributed by atoms with E-state index in [1.54, 1.807) is 18.4 Å². The van der Waals surface area contributed by atoms with Crippen LogP contribution < -0.4 is 10.6 Å². The maximum Gasteiger partial charge on any atom is 0.191 e. The molecule has 2 N–H and O–H groups in total. The molecule has 2 aromatic rings. The number of hydrogen-bond acceptors (Lipinski definition) is 4. The molecule has 0 amide bonds. The predicted molar refractivity (Wildman–Crippen MR) is 108 cm³/mol. The summed E-state index contributed by atoms with van der Waals surface area (Å²) in [6, 6.07) is 10.7. The summed E-state index contributed by atoms with van der Waals surface area (Å²) in [5.74, 6) is 1.47. The van der Waals surface area contributed by atoms with Crippen LogP contribution in [0.3, 0.4) is 0 Å². The van der Waals surface area contributed by atoms with Crippen LogP contribution in [0, 0.1) is 5.82 Å². The molecule has 6 nitrogen and oxygen atoms in total. The molecule has 0 bridgehead atoms. The number of morpholine rings is 1. The summed E-state index contributed by atoms with van der Waals surface area (Å²) < 4.78 is 24.6. The highest BCUT2D eigenvalue weighted by Gasteiger charge is 2.23. The topological polar surface area (TPSA) is 62.0 Å². The largest absolute Gasteiger partial charge is 0.469 e. The van der Waals surface area contributed by atoms with Gasteiger partial charge in [-0.1, -0.05) is 12.1 Å². The van der Waals surface area contributed by atoms with Gasteiger partial charge < -0.3 is 19.8 Å². The highest BCUT2D eigenvalue weighted by molar-refractivity contribution is 5.79. The SMILES string of the molecule is CCNC(=NCC(c1cccc(F)c1)N1CCOCC1)NCCc1ccco1. The van der Waals surface area contributed by atoms with Gasteiger partial charge in [0, 0.05) is 32.6 Å². The van der Waals surface area contributed by atoms with Gasteiger partial charge in [0.2, 0.25) is 0 Å². The van der Waals surface area contributed by atoms with E-state index in [-0.39, 0.29) is 11.9 Å². The number of nitrogens with one attached hydrogen (secondary N) is 2. The van der Waals surface area contributed by atoms with E-state index in [1.807, 2.05) is 25.1 Å². The van der Waals surface area contributed by atoms with E-state index in [0.717, 1.165) is 49.9 Å². The fraction of sp³-hybridized carbons (Fsp3) is 0.476. The van der Waals surface area contributed by atoms with Crippen molar-refractivity contribution in [3.63, 3.8) is 0 Å². The van der Waals surface area contributed by atoms with Gasteiger partial charge in [-0.25, -0.2) is 4.39 Å². The molecule has 152 valence electrons. The number of benzene rings is 1. The number of furan rings is 1. The lowest BCUT2D eigenvalue weighted by molar-refractivity contribution is 0.0179. The monoisotopic (exact) mass is 388 g/mol. The number of guanidine groups is 1. The van der Waals surface area contributed by atoms with Crippen LogP contribution in [0.4, 0.5) is 4.39 Å². The molecule has 0 saturated carbocycles. The number of aliphatic imine (C=N–C) groups is 1. The molecule has 1 aromatic carbocycles. The molecule has 2 heterocycles. The molecule has 1 aromatic heterocycles. The van der Waals surface area contributed by atoms with Gasteiger partial charge in [0.05, 0.1) is 32.1 Å². The summed E-state index contributed by atoms with van der Waals surface area (Å²) in [7, 11) is 0. The van der Waals surface area contributed by atoms with Crippen LogP contribution in [-0.4, -0.2) is 56.8 Å². The summed E-state index contributed by atoms with van der Waals surface area (Å²) in [6.07, 6.45) is 2.47. The lowest BCUT2D eigenvalue weighted by Gasteiger charge is -2.34. The van der Waals surface area contributed by atoms with Crippen molar-refractivity contribution in [2.75, 3.05) is 45.9 Å². The van der Waals surface area contributed by atoms with E-state index in [9.17, 15) is 4.39 Å². The fourth-order valence-corrected chi connectivity index (χ4v) is 3.31. The molecule has 1 unspecified atom stereocenters. The molecule has 0 aliphatic carbocycles. The average Bonchev–Trinajstić information content (AvgIpc) is 3.22. The Morgan fingerprint density at radius 3 is 2.79 bits per heavy atom. The molecule has 7 heteroatoms. The van der Waals surface area contributed by atoms with E-state index in [4.69, 9.17) is 14.1 Å². The Labute approximate surface area is 165 Å². The van der Waals surface area contributed by atoms with Crippen LogP contribution in [0.15, 0.2) is 52.1 Å². The first-order chi connectivity index (χ1) is 13.8.